The van der Waals surface area contributed by atoms with E-state index in [1.807, 2.05) is 0 Å². The highest BCUT2D eigenvalue weighted by Crippen LogP contribution is 2.38. The fourth-order valence-corrected chi connectivity index (χ4v) is 3.69. The normalized spacial score (nSPS) is 12.5. The molecule has 0 radical (unpaired) electrons. The van der Waals surface area contributed by atoms with Crippen LogP contribution >= 0.6 is 15.9 Å². The van der Waals surface area contributed by atoms with Crippen LogP contribution in [0.5, 0.6) is 11.5 Å². The van der Waals surface area contributed by atoms with Crippen LogP contribution in [0.1, 0.15) is 12.7 Å². The molecule has 4 rings (SSSR count). The minimum Gasteiger partial charge on any atom is -0.473 e. The van der Waals surface area contributed by atoms with Gasteiger partial charge in [0, 0.05) is 10.5 Å². The number of hydrogen-bond acceptors (Lipinski definition) is 5. The van der Waals surface area contributed by atoms with Gasteiger partial charge in [0.25, 0.3) is 0 Å². The van der Waals surface area contributed by atoms with Crippen molar-refractivity contribution in [1.29, 1.82) is 0 Å². The molecule has 39 heavy (non-hydrogen) atoms. The predicted octanol–water partition coefficient (Wildman–Crippen LogP) is 7.31. The van der Waals surface area contributed by atoms with Crippen LogP contribution in [0.2, 0.25) is 0 Å². The molecule has 0 aliphatic rings. The van der Waals surface area contributed by atoms with Gasteiger partial charge in [-0.3, -0.25) is 4.79 Å². The summed E-state index contributed by atoms with van der Waals surface area (Å²) in [6.07, 6.45) is -7.05. The minimum atomic E-state index is -5.10. The Morgan fingerprint density at radius 2 is 1.46 bits per heavy atom. The summed E-state index contributed by atoms with van der Waals surface area (Å²) in [5, 5.41) is -0.300. The van der Waals surface area contributed by atoms with Crippen molar-refractivity contribution in [2.45, 2.75) is 19.2 Å². The van der Waals surface area contributed by atoms with Crippen molar-refractivity contribution < 1.29 is 53.8 Å². The highest BCUT2D eigenvalue weighted by molar-refractivity contribution is 9.10. The van der Waals surface area contributed by atoms with Crippen molar-refractivity contribution in [3.8, 4) is 22.6 Å². The Hall–Kier alpha value is -3.94. The summed E-state index contributed by atoms with van der Waals surface area (Å²) >= 11 is 3.15. The average molecular weight is 623 g/mol. The van der Waals surface area contributed by atoms with Gasteiger partial charge in [0.2, 0.25) is 40.3 Å². The molecule has 0 saturated carbocycles. The lowest BCUT2D eigenvalue weighted by Gasteiger charge is -2.16. The molecule has 0 amide bonds. The lowest BCUT2D eigenvalue weighted by Crippen LogP contribution is -2.29. The van der Waals surface area contributed by atoms with Gasteiger partial charge in [0.1, 0.15) is 11.3 Å². The molecule has 1 unspecified atom stereocenters. The lowest BCUT2D eigenvalue weighted by molar-refractivity contribution is -0.152. The maximum atomic E-state index is 13.8. The Balaban J connectivity index is 1.68. The molecule has 0 bridgehead atoms. The Morgan fingerprint density at radius 1 is 0.897 bits per heavy atom. The first-order valence-electron chi connectivity index (χ1n) is 10.5. The van der Waals surface area contributed by atoms with Crippen LogP contribution in [0.3, 0.4) is 0 Å². The van der Waals surface area contributed by atoms with E-state index in [0.29, 0.717) is 4.47 Å². The topological polar surface area (TPSA) is 65.7 Å². The molecule has 1 atom stereocenters. The smallest absolute Gasteiger partial charge is 0.450 e. The molecule has 14 heteroatoms. The van der Waals surface area contributed by atoms with Gasteiger partial charge in [0.15, 0.2) is 11.9 Å². The van der Waals surface area contributed by atoms with Gasteiger partial charge in [-0.25, -0.2) is 18.0 Å². The summed E-state index contributed by atoms with van der Waals surface area (Å²) in [5.74, 6) is -17.0. The zero-order valence-corrected chi connectivity index (χ0v) is 20.6. The second-order valence-electron chi connectivity index (χ2n) is 7.88. The molecule has 0 aliphatic carbocycles. The van der Waals surface area contributed by atoms with E-state index in [0.717, 1.165) is 25.1 Å². The Bertz CT molecular complexity index is 1640. The summed E-state index contributed by atoms with van der Waals surface area (Å²) < 4.78 is 124. The molecule has 0 saturated heterocycles. The van der Waals surface area contributed by atoms with Gasteiger partial charge in [-0.1, -0.05) is 28.1 Å². The largest absolute Gasteiger partial charge is 0.473 e. The molecular formula is C25H11BrF8O5. The maximum absolute atomic E-state index is 13.8. The van der Waals surface area contributed by atoms with Gasteiger partial charge in [0.05, 0.1) is 10.9 Å². The number of rotatable bonds is 5. The van der Waals surface area contributed by atoms with E-state index in [4.69, 9.17) is 9.15 Å². The van der Waals surface area contributed by atoms with Crippen molar-refractivity contribution in [2.24, 2.45) is 0 Å². The molecule has 0 N–H and O–H groups in total. The zero-order valence-electron chi connectivity index (χ0n) is 19.1. The summed E-state index contributed by atoms with van der Waals surface area (Å²) in [4.78, 5) is 25.4. The van der Waals surface area contributed by atoms with Gasteiger partial charge in [-0.15, -0.1) is 0 Å². The molecule has 3 aromatic carbocycles. The van der Waals surface area contributed by atoms with Crippen molar-refractivity contribution in [2.75, 3.05) is 0 Å². The number of halogens is 9. The summed E-state index contributed by atoms with van der Waals surface area (Å²) in [5.41, 5.74) is -2.48. The first-order valence-corrected chi connectivity index (χ1v) is 11.3. The van der Waals surface area contributed by atoms with E-state index in [9.17, 15) is 44.7 Å². The summed E-state index contributed by atoms with van der Waals surface area (Å²) in [6.45, 7) is 0.855. The fraction of sp³-hybridized carbons (Fsp3) is 0.120. The van der Waals surface area contributed by atoms with Crippen LogP contribution in [0.25, 0.3) is 22.1 Å². The number of alkyl halides is 3. The van der Waals surface area contributed by atoms with Crippen molar-refractivity contribution in [1.82, 2.24) is 0 Å². The Kier molecular flexibility index (Phi) is 7.43. The standard InChI is InChI=1S/C25H11BrF8O5/c1-9(37-22-19(30)17(28)16(27)18(29)20(22)31)24(36)38-12-6-7-13-14(8-12)39-23(25(32,33)34)15(21(13)35)10-2-4-11(26)5-3-10/h2-9H,1H3. The van der Waals surface area contributed by atoms with Crippen LogP contribution in [-0.4, -0.2) is 12.1 Å². The van der Waals surface area contributed by atoms with Crippen LogP contribution in [0.15, 0.2) is 56.1 Å². The molecule has 5 nitrogen and oxygen atoms in total. The molecule has 0 spiro atoms. The molecular weight excluding hydrogens is 612 g/mol. The second kappa shape index (κ2) is 10.3. The molecule has 0 fully saturated rings. The molecule has 1 aromatic heterocycles. The molecule has 4 aromatic rings. The van der Waals surface area contributed by atoms with Gasteiger partial charge in [-0.05, 0) is 36.8 Å². The number of fused-ring (bicyclic) bond motifs is 1. The van der Waals surface area contributed by atoms with Crippen LogP contribution in [-0.2, 0) is 11.0 Å². The van der Waals surface area contributed by atoms with E-state index in [1.54, 1.807) is 0 Å². The zero-order chi connectivity index (χ0) is 28.8. The highest BCUT2D eigenvalue weighted by atomic mass is 79.9. The van der Waals surface area contributed by atoms with Gasteiger partial charge in [-0.2, -0.15) is 22.0 Å². The van der Waals surface area contributed by atoms with E-state index in [1.165, 1.54) is 24.3 Å². The van der Waals surface area contributed by atoms with Crippen LogP contribution in [0, 0.1) is 29.1 Å². The monoisotopic (exact) mass is 622 g/mol. The SMILES string of the molecule is CC(Oc1c(F)c(F)c(F)c(F)c1F)C(=O)Oc1ccc2c(=O)c(-c3ccc(Br)cc3)c(C(F)(F)F)oc2c1. The summed E-state index contributed by atoms with van der Waals surface area (Å²) in [6, 6.07) is 8.22. The second-order valence-corrected chi connectivity index (χ2v) is 8.79. The summed E-state index contributed by atoms with van der Waals surface area (Å²) in [7, 11) is 0. The Labute approximate surface area is 220 Å². The lowest BCUT2D eigenvalue weighted by atomic mass is 10.0. The molecule has 204 valence electrons. The van der Waals surface area contributed by atoms with E-state index < -0.39 is 81.2 Å². The number of carbonyl (C=O) groups is 1. The number of carbonyl (C=O) groups excluding carboxylic acids is 1. The number of hydrogen-bond donors (Lipinski definition) is 0. The van der Waals surface area contributed by atoms with Crippen molar-refractivity contribution in [3.63, 3.8) is 0 Å². The number of ether oxygens (including phenoxy) is 2. The van der Waals surface area contributed by atoms with E-state index >= 15 is 0 Å². The number of esters is 1. The third-order valence-electron chi connectivity index (χ3n) is 5.27. The number of benzene rings is 3. The quantitative estimate of drug-likeness (QED) is 0.0768. The third kappa shape index (κ3) is 5.33. The maximum Gasteiger partial charge on any atom is 0.450 e. The first-order chi connectivity index (χ1) is 18.2. The Morgan fingerprint density at radius 3 is 2.03 bits per heavy atom. The minimum absolute atomic E-state index is 0.0733. The molecule has 0 aliphatic heterocycles. The van der Waals surface area contributed by atoms with Crippen molar-refractivity contribution >= 4 is 32.9 Å². The van der Waals surface area contributed by atoms with Crippen LogP contribution in [0.4, 0.5) is 35.1 Å². The average Bonchev–Trinajstić information content (AvgIpc) is 2.88. The third-order valence-corrected chi connectivity index (χ3v) is 5.80. The van der Waals surface area contributed by atoms with E-state index in [-0.39, 0.29) is 10.9 Å². The molecule has 1 heterocycles. The first kappa shape index (κ1) is 28.1. The fourth-order valence-electron chi connectivity index (χ4n) is 3.43. The predicted molar refractivity (Wildman–Crippen MR) is 123 cm³/mol. The van der Waals surface area contributed by atoms with Gasteiger partial charge < -0.3 is 13.9 Å². The van der Waals surface area contributed by atoms with Crippen molar-refractivity contribution in [3.05, 3.63) is 92.0 Å². The van der Waals surface area contributed by atoms with Crippen LogP contribution < -0.4 is 14.9 Å². The highest BCUT2D eigenvalue weighted by Gasteiger charge is 2.39. The van der Waals surface area contributed by atoms with Gasteiger partial charge >= 0.3 is 12.1 Å². The van der Waals surface area contributed by atoms with E-state index in [2.05, 4.69) is 20.7 Å².